The van der Waals surface area contributed by atoms with Crippen LogP contribution in [0, 0.1) is 0 Å². The standard InChI is InChI=1S/C7H10ClNOS/c1-2-9-7(10)5-3-4-6(8)11-5/h3-6H,2H2,1H3,(H,9,10). The Morgan fingerprint density at radius 1 is 1.73 bits per heavy atom. The van der Waals surface area contributed by atoms with Crippen molar-refractivity contribution in [2.24, 2.45) is 0 Å². The van der Waals surface area contributed by atoms with Gasteiger partial charge >= 0.3 is 0 Å². The number of thioether (sulfide) groups is 1. The van der Waals surface area contributed by atoms with Crippen LogP contribution in [0.5, 0.6) is 0 Å². The Kier molecular flexibility index (Phi) is 3.27. The van der Waals surface area contributed by atoms with Gasteiger partial charge in [0.2, 0.25) is 5.91 Å². The minimum absolute atomic E-state index is 0.0393. The topological polar surface area (TPSA) is 29.1 Å². The average molecular weight is 192 g/mol. The lowest BCUT2D eigenvalue weighted by Crippen LogP contribution is -2.30. The fourth-order valence-electron chi connectivity index (χ4n) is 0.843. The second-order valence-electron chi connectivity index (χ2n) is 2.19. The van der Waals surface area contributed by atoms with Crippen molar-refractivity contribution < 1.29 is 4.79 Å². The van der Waals surface area contributed by atoms with Crippen LogP contribution < -0.4 is 5.32 Å². The SMILES string of the molecule is CCNC(=O)C1C=CC(Cl)S1. The average Bonchev–Trinajstić information content (AvgIpc) is 2.36. The van der Waals surface area contributed by atoms with Crippen LogP contribution >= 0.6 is 23.4 Å². The molecule has 2 atom stereocenters. The molecule has 0 saturated carbocycles. The Bertz CT molecular complexity index is 183. The van der Waals surface area contributed by atoms with Gasteiger partial charge in [-0.25, -0.2) is 0 Å². The maximum atomic E-state index is 11.1. The molecule has 0 saturated heterocycles. The van der Waals surface area contributed by atoms with Gasteiger partial charge in [0, 0.05) is 6.54 Å². The number of rotatable bonds is 2. The lowest BCUT2D eigenvalue weighted by atomic mass is 10.3. The van der Waals surface area contributed by atoms with Crippen LogP contribution in [0.25, 0.3) is 0 Å². The Labute approximate surface area is 75.4 Å². The number of halogens is 1. The third-order valence-electron chi connectivity index (χ3n) is 1.32. The largest absolute Gasteiger partial charge is 0.355 e. The van der Waals surface area contributed by atoms with Crippen LogP contribution in [0.3, 0.4) is 0 Å². The van der Waals surface area contributed by atoms with E-state index in [0.717, 1.165) is 0 Å². The Balaban J connectivity index is 2.38. The van der Waals surface area contributed by atoms with E-state index in [9.17, 15) is 4.79 Å². The lowest BCUT2D eigenvalue weighted by Gasteiger charge is -2.06. The molecule has 0 aromatic carbocycles. The van der Waals surface area contributed by atoms with E-state index in [1.807, 2.05) is 19.1 Å². The van der Waals surface area contributed by atoms with Crippen molar-refractivity contribution in [3.63, 3.8) is 0 Å². The first-order valence-corrected chi connectivity index (χ1v) is 4.87. The van der Waals surface area contributed by atoms with E-state index in [1.54, 1.807) is 0 Å². The van der Waals surface area contributed by atoms with Gasteiger partial charge in [-0.3, -0.25) is 4.79 Å². The predicted molar refractivity (Wildman–Crippen MR) is 48.8 cm³/mol. The van der Waals surface area contributed by atoms with Crippen molar-refractivity contribution >= 4 is 29.3 Å². The van der Waals surface area contributed by atoms with Crippen LogP contribution in [0.2, 0.25) is 0 Å². The van der Waals surface area contributed by atoms with Crippen LogP contribution in [0.15, 0.2) is 12.2 Å². The van der Waals surface area contributed by atoms with Crippen molar-refractivity contribution in [2.45, 2.75) is 16.9 Å². The minimum atomic E-state index is -0.0857. The molecule has 1 heterocycles. The fraction of sp³-hybridized carbons (Fsp3) is 0.571. The first-order chi connectivity index (χ1) is 5.24. The van der Waals surface area contributed by atoms with Gasteiger partial charge in [0.05, 0.1) is 4.71 Å². The highest BCUT2D eigenvalue weighted by atomic mass is 35.5. The van der Waals surface area contributed by atoms with Crippen molar-refractivity contribution in [3.05, 3.63) is 12.2 Å². The van der Waals surface area contributed by atoms with E-state index in [2.05, 4.69) is 5.32 Å². The van der Waals surface area contributed by atoms with Gasteiger partial charge < -0.3 is 5.32 Å². The first kappa shape index (κ1) is 8.94. The molecular weight excluding hydrogens is 182 g/mol. The van der Waals surface area contributed by atoms with Gasteiger partial charge in [-0.2, -0.15) is 0 Å². The van der Waals surface area contributed by atoms with Crippen LogP contribution in [0.4, 0.5) is 0 Å². The Hall–Kier alpha value is -0.150. The summed E-state index contributed by atoms with van der Waals surface area (Å²) >= 11 is 7.20. The van der Waals surface area contributed by atoms with Crippen molar-refractivity contribution in [1.82, 2.24) is 5.32 Å². The number of alkyl halides is 1. The smallest absolute Gasteiger partial charge is 0.237 e. The zero-order chi connectivity index (χ0) is 8.27. The third-order valence-corrected chi connectivity index (χ3v) is 2.86. The summed E-state index contributed by atoms with van der Waals surface area (Å²) in [7, 11) is 0. The van der Waals surface area contributed by atoms with E-state index in [-0.39, 0.29) is 15.9 Å². The second-order valence-corrected chi connectivity index (χ2v) is 4.20. The number of hydrogen-bond donors (Lipinski definition) is 1. The summed E-state index contributed by atoms with van der Waals surface area (Å²) in [6, 6.07) is 0. The number of amides is 1. The fourth-order valence-corrected chi connectivity index (χ4v) is 2.11. The quantitative estimate of drug-likeness (QED) is 0.528. The number of carbonyl (C=O) groups is 1. The van der Waals surface area contributed by atoms with Crippen molar-refractivity contribution in [1.29, 1.82) is 0 Å². The normalized spacial score (nSPS) is 28.9. The third kappa shape index (κ3) is 2.42. The van der Waals surface area contributed by atoms with E-state index >= 15 is 0 Å². The summed E-state index contributed by atoms with van der Waals surface area (Å²) in [5.41, 5.74) is 0. The molecular formula is C7H10ClNOS. The maximum Gasteiger partial charge on any atom is 0.237 e. The van der Waals surface area contributed by atoms with Crippen LogP contribution in [-0.4, -0.2) is 22.4 Å². The Morgan fingerprint density at radius 3 is 2.91 bits per heavy atom. The molecule has 1 aliphatic rings. The van der Waals surface area contributed by atoms with Gasteiger partial charge in [-0.05, 0) is 6.92 Å². The summed E-state index contributed by atoms with van der Waals surface area (Å²) in [4.78, 5) is 11.1. The van der Waals surface area contributed by atoms with Gasteiger partial charge in [-0.15, -0.1) is 23.4 Å². The zero-order valence-electron chi connectivity index (χ0n) is 6.21. The molecule has 1 rings (SSSR count). The van der Waals surface area contributed by atoms with Gasteiger partial charge in [0.15, 0.2) is 0 Å². The van der Waals surface area contributed by atoms with E-state index in [1.165, 1.54) is 11.8 Å². The highest BCUT2D eigenvalue weighted by Gasteiger charge is 2.23. The van der Waals surface area contributed by atoms with Gasteiger partial charge in [0.1, 0.15) is 5.25 Å². The second kappa shape index (κ2) is 4.02. The zero-order valence-corrected chi connectivity index (χ0v) is 7.78. The summed E-state index contributed by atoms with van der Waals surface area (Å²) in [5, 5.41) is 2.65. The molecule has 0 radical (unpaired) electrons. The molecule has 2 nitrogen and oxygen atoms in total. The molecule has 4 heteroatoms. The molecule has 0 aliphatic carbocycles. The molecule has 0 bridgehead atoms. The summed E-state index contributed by atoms with van der Waals surface area (Å²) in [6.07, 6.45) is 3.68. The molecule has 0 fully saturated rings. The number of hydrogen-bond acceptors (Lipinski definition) is 2. The van der Waals surface area contributed by atoms with Crippen LogP contribution in [-0.2, 0) is 4.79 Å². The Morgan fingerprint density at radius 2 is 2.45 bits per heavy atom. The van der Waals surface area contributed by atoms with Gasteiger partial charge in [0.25, 0.3) is 0 Å². The molecule has 1 N–H and O–H groups in total. The molecule has 11 heavy (non-hydrogen) atoms. The lowest BCUT2D eigenvalue weighted by molar-refractivity contribution is -0.119. The van der Waals surface area contributed by atoms with E-state index < -0.39 is 0 Å². The highest BCUT2D eigenvalue weighted by molar-refractivity contribution is 8.02. The molecule has 1 amide bonds. The molecule has 62 valence electrons. The van der Waals surface area contributed by atoms with Gasteiger partial charge in [-0.1, -0.05) is 12.2 Å². The summed E-state index contributed by atoms with van der Waals surface area (Å²) in [6.45, 7) is 2.58. The highest BCUT2D eigenvalue weighted by Crippen LogP contribution is 2.29. The maximum absolute atomic E-state index is 11.1. The molecule has 0 aromatic rings. The minimum Gasteiger partial charge on any atom is -0.355 e. The first-order valence-electron chi connectivity index (χ1n) is 3.49. The summed E-state index contributed by atoms with van der Waals surface area (Å²) < 4.78 is -0.0393. The number of carbonyl (C=O) groups excluding carboxylic acids is 1. The van der Waals surface area contributed by atoms with E-state index in [0.29, 0.717) is 6.54 Å². The molecule has 2 unspecified atom stereocenters. The number of nitrogens with one attached hydrogen (secondary N) is 1. The predicted octanol–water partition coefficient (Wildman–Crippen LogP) is 1.36. The molecule has 0 spiro atoms. The monoisotopic (exact) mass is 191 g/mol. The van der Waals surface area contributed by atoms with Crippen molar-refractivity contribution in [2.75, 3.05) is 6.54 Å². The van der Waals surface area contributed by atoms with Crippen LogP contribution in [0.1, 0.15) is 6.92 Å². The molecule has 1 aliphatic heterocycles. The van der Waals surface area contributed by atoms with E-state index in [4.69, 9.17) is 11.6 Å². The summed E-state index contributed by atoms with van der Waals surface area (Å²) in [5.74, 6) is 0.0527. The molecule has 0 aromatic heterocycles. The van der Waals surface area contributed by atoms with Crippen molar-refractivity contribution in [3.8, 4) is 0 Å².